The molecule has 2 aromatic rings. The van der Waals surface area contributed by atoms with Crippen molar-refractivity contribution in [2.75, 3.05) is 0 Å². The van der Waals surface area contributed by atoms with Gasteiger partial charge < -0.3 is 9.67 Å². The van der Waals surface area contributed by atoms with Crippen LogP contribution in [-0.2, 0) is 7.05 Å². The van der Waals surface area contributed by atoms with Crippen molar-refractivity contribution >= 4 is 11.5 Å². The first-order chi connectivity index (χ1) is 7.61. The van der Waals surface area contributed by atoms with Crippen molar-refractivity contribution in [3.63, 3.8) is 0 Å². The van der Waals surface area contributed by atoms with Crippen LogP contribution >= 0.6 is 11.5 Å². The molecule has 1 N–H and O–H groups in total. The summed E-state index contributed by atoms with van der Waals surface area (Å²) in [6, 6.07) is 0. The number of aromatic nitrogens is 4. The van der Waals surface area contributed by atoms with Gasteiger partial charge in [0.1, 0.15) is 11.9 Å². The third-order valence-electron chi connectivity index (χ3n) is 2.44. The van der Waals surface area contributed by atoms with E-state index in [1.54, 1.807) is 10.8 Å². The molecule has 6 heteroatoms. The Kier molecular flexibility index (Phi) is 3.02. The van der Waals surface area contributed by atoms with Crippen LogP contribution in [0.1, 0.15) is 42.3 Å². The van der Waals surface area contributed by atoms with E-state index in [2.05, 4.69) is 14.6 Å². The van der Waals surface area contributed by atoms with Gasteiger partial charge in [0.15, 0.2) is 0 Å². The predicted molar refractivity (Wildman–Crippen MR) is 61.3 cm³/mol. The Morgan fingerprint density at radius 1 is 1.44 bits per heavy atom. The number of aliphatic hydroxyl groups excluding tert-OH is 1. The molecule has 0 saturated carbocycles. The molecule has 1 unspecified atom stereocenters. The highest BCUT2D eigenvalue weighted by molar-refractivity contribution is 7.05. The van der Waals surface area contributed by atoms with Gasteiger partial charge in [-0.15, -0.1) is 5.10 Å². The predicted octanol–water partition coefficient (Wildman–Crippen LogP) is 1.48. The van der Waals surface area contributed by atoms with E-state index in [0.717, 1.165) is 10.6 Å². The maximum Gasteiger partial charge on any atom is 0.149 e. The molecule has 0 aliphatic rings. The van der Waals surface area contributed by atoms with Crippen molar-refractivity contribution in [3.05, 3.63) is 28.8 Å². The minimum absolute atomic E-state index is 0.253. The summed E-state index contributed by atoms with van der Waals surface area (Å²) in [7, 11) is 1.86. The number of hydrogen-bond donors (Lipinski definition) is 1. The average Bonchev–Trinajstić information content (AvgIpc) is 2.84. The largest absolute Gasteiger partial charge is 0.379 e. The van der Waals surface area contributed by atoms with Crippen molar-refractivity contribution in [2.45, 2.75) is 25.9 Å². The number of aryl methyl sites for hydroxylation is 1. The van der Waals surface area contributed by atoms with Crippen molar-refractivity contribution < 1.29 is 5.11 Å². The first-order valence-corrected chi connectivity index (χ1v) is 5.86. The molecule has 0 spiro atoms. The second-order valence-electron chi connectivity index (χ2n) is 3.98. The average molecular weight is 238 g/mol. The summed E-state index contributed by atoms with van der Waals surface area (Å²) in [6.07, 6.45) is 2.74. The lowest BCUT2D eigenvalue weighted by atomic mass is 10.1. The van der Waals surface area contributed by atoms with Crippen molar-refractivity contribution in [3.8, 4) is 0 Å². The molecule has 0 amide bonds. The molecule has 0 radical (unpaired) electrons. The second-order valence-corrected chi connectivity index (χ2v) is 4.76. The smallest absolute Gasteiger partial charge is 0.149 e. The summed E-state index contributed by atoms with van der Waals surface area (Å²) in [5, 5.41) is 14.3. The van der Waals surface area contributed by atoms with Crippen LogP contribution in [-0.4, -0.2) is 24.2 Å². The van der Waals surface area contributed by atoms with Gasteiger partial charge in [0.05, 0.1) is 10.6 Å². The van der Waals surface area contributed by atoms with Gasteiger partial charge in [-0.3, -0.25) is 0 Å². The number of hydrogen-bond acceptors (Lipinski definition) is 5. The molecule has 0 aromatic carbocycles. The lowest BCUT2D eigenvalue weighted by molar-refractivity contribution is 0.208. The maximum atomic E-state index is 10.2. The summed E-state index contributed by atoms with van der Waals surface area (Å²) < 4.78 is 5.70. The zero-order valence-corrected chi connectivity index (χ0v) is 10.3. The van der Waals surface area contributed by atoms with Crippen molar-refractivity contribution in [1.82, 2.24) is 19.1 Å². The number of rotatable bonds is 3. The van der Waals surface area contributed by atoms with Crippen LogP contribution in [0.25, 0.3) is 0 Å². The van der Waals surface area contributed by atoms with E-state index in [4.69, 9.17) is 0 Å². The molecule has 5 nitrogen and oxygen atoms in total. The number of nitrogens with zero attached hydrogens (tertiary/aromatic N) is 4. The SMILES string of the molecule is CC(C)c1nnsc1C(O)c1nccn1C. The molecule has 0 aliphatic heterocycles. The molecular formula is C10H14N4OS. The molecule has 0 saturated heterocycles. The zero-order chi connectivity index (χ0) is 11.7. The summed E-state index contributed by atoms with van der Waals surface area (Å²) in [6.45, 7) is 4.07. The van der Waals surface area contributed by atoms with Crippen LogP contribution < -0.4 is 0 Å². The fourth-order valence-electron chi connectivity index (χ4n) is 1.55. The number of imidazole rings is 1. The quantitative estimate of drug-likeness (QED) is 0.879. The lowest BCUT2D eigenvalue weighted by Gasteiger charge is -2.10. The molecule has 2 rings (SSSR count). The Labute approximate surface area is 97.9 Å². The molecule has 0 aliphatic carbocycles. The Morgan fingerprint density at radius 2 is 2.19 bits per heavy atom. The third-order valence-corrected chi connectivity index (χ3v) is 3.23. The summed E-state index contributed by atoms with van der Waals surface area (Å²) in [4.78, 5) is 4.92. The Balaban J connectivity index is 2.38. The minimum atomic E-state index is -0.739. The van der Waals surface area contributed by atoms with Crippen LogP contribution in [0.2, 0.25) is 0 Å². The molecular weight excluding hydrogens is 224 g/mol. The maximum absolute atomic E-state index is 10.2. The normalized spacial score (nSPS) is 13.3. The second kappa shape index (κ2) is 4.31. The van der Waals surface area contributed by atoms with Gasteiger partial charge in [0.25, 0.3) is 0 Å². The fraction of sp³-hybridized carbons (Fsp3) is 0.500. The summed E-state index contributed by atoms with van der Waals surface area (Å²) in [5.74, 6) is 0.872. The van der Waals surface area contributed by atoms with E-state index in [9.17, 15) is 5.11 Å². The highest BCUT2D eigenvalue weighted by Gasteiger charge is 2.23. The molecule has 0 fully saturated rings. The molecule has 1 atom stereocenters. The van der Waals surface area contributed by atoms with Gasteiger partial charge >= 0.3 is 0 Å². The van der Waals surface area contributed by atoms with Gasteiger partial charge in [0, 0.05) is 19.4 Å². The lowest BCUT2D eigenvalue weighted by Crippen LogP contribution is -2.08. The van der Waals surface area contributed by atoms with E-state index < -0.39 is 6.10 Å². The highest BCUT2D eigenvalue weighted by Crippen LogP contribution is 2.29. The monoisotopic (exact) mass is 238 g/mol. The third kappa shape index (κ3) is 1.85. The van der Waals surface area contributed by atoms with Crippen molar-refractivity contribution in [1.29, 1.82) is 0 Å². The van der Waals surface area contributed by atoms with Crippen LogP contribution in [0.15, 0.2) is 12.4 Å². The molecule has 86 valence electrons. The van der Waals surface area contributed by atoms with Crippen LogP contribution in [0, 0.1) is 0 Å². The first kappa shape index (κ1) is 11.2. The van der Waals surface area contributed by atoms with Gasteiger partial charge in [-0.1, -0.05) is 18.3 Å². The van der Waals surface area contributed by atoms with E-state index >= 15 is 0 Å². The Bertz CT molecular complexity index is 477. The highest BCUT2D eigenvalue weighted by atomic mass is 32.1. The molecule has 2 aromatic heterocycles. The van der Waals surface area contributed by atoms with Gasteiger partial charge in [0.2, 0.25) is 0 Å². The Morgan fingerprint density at radius 3 is 2.75 bits per heavy atom. The minimum Gasteiger partial charge on any atom is -0.379 e. The van der Waals surface area contributed by atoms with E-state index in [0.29, 0.717) is 5.82 Å². The molecule has 0 bridgehead atoms. The number of aliphatic hydroxyl groups is 1. The van der Waals surface area contributed by atoms with Gasteiger partial charge in [-0.2, -0.15) is 0 Å². The topological polar surface area (TPSA) is 63.8 Å². The van der Waals surface area contributed by atoms with E-state index in [1.165, 1.54) is 11.5 Å². The van der Waals surface area contributed by atoms with Gasteiger partial charge in [-0.25, -0.2) is 4.98 Å². The summed E-state index contributed by atoms with van der Waals surface area (Å²) >= 11 is 1.23. The van der Waals surface area contributed by atoms with Gasteiger partial charge in [-0.05, 0) is 17.5 Å². The summed E-state index contributed by atoms with van der Waals surface area (Å²) in [5.41, 5.74) is 0.848. The zero-order valence-electron chi connectivity index (χ0n) is 9.45. The Hall–Kier alpha value is -1.27. The van der Waals surface area contributed by atoms with Crippen LogP contribution in [0.5, 0.6) is 0 Å². The van der Waals surface area contributed by atoms with Crippen LogP contribution in [0.3, 0.4) is 0 Å². The first-order valence-electron chi connectivity index (χ1n) is 5.08. The fourth-order valence-corrected chi connectivity index (χ4v) is 2.34. The standard InChI is InChI=1S/C10H14N4OS/c1-6(2)7-9(16-13-12-7)8(15)10-11-4-5-14(10)3/h4-6,8,15H,1-3H3. The molecule has 2 heterocycles. The molecule has 16 heavy (non-hydrogen) atoms. The van der Waals surface area contributed by atoms with Crippen molar-refractivity contribution in [2.24, 2.45) is 7.05 Å². The van der Waals surface area contributed by atoms with Crippen LogP contribution in [0.4, 0.5) is 0 Å². The van der Waals surface area contributed by atoms with E-state index in [1.807, 2.05) is 27.1 Å². The van der Waals surface area contributed by atoms with E-state index in [-0.39, 0.29) is 5.92 Å².